The van der Waals surface area contributed by atoms with Crippen molar-refractivity contribution in [3.8, 4) is 0 Å². The van der Waals surface area contributed by atoms with E-state index in [1.54, 1.807) is 0 Å². The van der Waals surface area contributed by atoms with Crippen molar-refractivity contribution in [2.45, 2.75) is 13.3 Å². The molecule has 2 N–H and O–H groups in total. The molecule has 0 amide bonds. The molecular weight excluding hydrogens is 224 g/mol. The van der Waals surface area contributed by atoms with Gasteiger partial charge in [-0.1, -0.05) is 0 Å². The lowest BCUT2D eigenvalue weighted by molar-refractivity contribution is 0.0696. The Bertz CT molecular complexity index is 393. The Morgan fingerprint density at radius 1 is 1.12 bits per heavy atom. The zero-order valence-corrected chi connectivity index (χ0v) is 9.47. The van der Waals surface area contributed by atoms with E-state index in [4.69, 9.17) is 14.9 Å². The average Bonchev–Trinajstić information content (AvgIpc) is 2.29. The number of rotatable bonds is 6. The lowest BCUT2D eigenvalue weighted by atomic mass is 10.0. The lowest BCUT2D eigenvalue weighted by Crippen LogP contribution is -2.06. The second-order valence-electron chi connectivity index (χ2n) is 3.48. The molecule has 1 rings (SSSR count). The highest BCUT2D eigenvalue weighted by atomic mass is 16.5. The summed E-state index contributed by atoms with van der Waals surface area (Å²) in [5.74, 6) is -2.27. The number of aromatic carboxylic acids is 2. The summed E-state index contributed by atoms with van der Waals surface area (Å²) in [5, 5.41) is 17.7. The van der Waals surface area contributed by atoms with E-state index in [1.807, 2.05) is 6.92 Å². The predicted molar refractivity (Wildman–Crippen MR) is 60.6 cm³/mol. The van der Waals surface area contributed by atoms with E-state index in [9.17, 15) is 9.59 Å². The number of hydrogen-bond acceptors (Lipinski definition) is 3. The van der Waals surface area contributed by atoms with E-state index in [2.05, 4.69) is 0 Å². The summed E-state index contributed by atoms with van der Waals surface area (Å²) in [6, 6.07) is 4.08. The van der Waals surface area contributed by atoms with Crippen LogP contribution in [0, 0.1) is 0 Å². The standard InChI is InChI=1S/C12H14O5/c1-2-17-4-3-8-5-9(11(13)14)7-10(6-8)12(15)16/h5-7H,2-4H2,1H3,(H,13,14)(H,15,16). The maximum absolute atomic E-state index is 10.8. The van der Waals surface area contributed by atoms with E-state index in [0.29, 0.717) is 25.2 Å². The smallest absolute Gasteiger partial charge is 0.335 e. The summed E-state index contributed by atoms with van der Waals surface area (Å²) in [6.07, 6.45) is 0.495. The Kier molecular flexibility index (Phi) is 4.66. The predicted octanol–water partition coefficient (Wildman–Crippen LogP) is 1.66. The molecule has 0 fully saturated rings. The molecule has 1 aromatic rings. The van der Waals surface area contributed by atoms with Crippen molar-refractivity contribution >= 4 is 11.9 Å². The van der Waals surface area contributed by atoms with Gasteiger partial charge < -0.3 is 14.9 Å². The fourth-order valence-electron chi connectivity index (χ4n) is 1.42. The zero-order chi connectivity index (χ0) is 12.8. The number of benzene rings is 1. The second kappa shape index (κ2) is 6.00. The van der Waals surface area contributed by atoms with E-state index >= 15 is 0 Å². The molecule has 0 aliphatic carbocycles. The van der Waals surface area contributed by atoms with E-state index in [-0.39, 0.29) is 11.1 Å². The minimum atomic E-state index is -1.13. The van der Waals surface area contributed by atoms with Gasteiger partial charge in [0.25, 0.3) is 0 Å². The highest BCUT2D eigenvalue weighted by molar-refractivity contribution is 5.94. The van der Waals surface area contributed by atoms with Crippen LogP contribution in [0.3, 0.4) is 0 Å². The Labute approximate surface area is 98.6 Å². The van der Waals surface area contributed by atoms with Gasteiger partial charge in [0.05, 0.1) is 17.7 Å². The van der Waals surface area contributed by atoms with Crippen LogP contribution in [0.2, 0.25) is 0 Å². The van der Waals surface area contributed by atoms with Gasteiger partial charge in [0, 0.05) is 6.61 Å². The quantitative estimate of drug-likeness (QED) is 0.736. The molecule has 5 heteroatoms. The molecule has 0 aliphatic rings. The normalized spacial score (nSPS) is 10.2. The topological polar surface area (TPSA) is 83.8 Å². The molecule has 0 bridgehead atoms. The summed E-state index contributed by atoms with van der Waals surface area (Å²) >= 11 is 0. The highest BCUT2D eigenvalue weighted by Crippen LogP contribution is 2.12. The van der Waals surface area contributed by atoms with Crippen LogP contribution < -0.4 is 0 Å². The first-order chi connectivity index (χ1) is 8.04. The number of carbonyl (C=O) groups is 2. The monoisotopic (exact) mass is 238 g/mol. The van der Waals surface area contributed by atoms with E-state index in [0.717, 1.165) is 6.07 Å². The number of hydrogen-bond donors (Lipinski definition) is 2. The third-order valence-corrected chi connectivity index (χ3v) is 2.23. The summed E-state index contributed by atoms with van der Waals surface area (Å²) in [5.41, 5.74) is 0.614. The molecule has 0 saturated heterocycles. The van der Waals surface area contributed by atoms with Crippen LogP contribution in [0.5, 0.6) is 0 Å². The molecule has 0 saturated carbocycles. The maximum Gasteiger partial charge on any atom is 0.335 e. The molecule has 0 aromatic heterocycles. The molecule has 0 unspecified atom stereocenters. The van der Waals surface area contributed by atoms with E-state index in [1.165, 1.54) is 12.1 Å². The molecule has 92 valence electrons. The van der Waals surface area contributed by atoms with Gasteiger partial charge in [0.2, 0.25) is 0 Å². The molecule has 0 spiro atoms. The first-order valence-electron chi connectivity index (χ1n) is 5.23. The fourth-order valence-corrected chi connectivity index (χ4v) is 1.42. The minimum Gasteiger partial charge on any atom is -0.478 e. The van der Waals surface area contributed by atoms with Gasteiger partial charge in [-0.15, -0.1) is 0 Å². The fraction of sp³-hybridized carbons (Fsp3) is 0.333. The first-order valence-corrected chi connectivity index (χ1v) is 5.23. The molecular formula is C12H14O5. The summed E-state index contributed by atoms with van der Waals surface area (Å²) in [6.45, 7) is 2.87. The van der Waals surface area contributed by atoms with Crippen LogP contribution in [0.15, 0.2) is 18.2 Å². The number of carboxylic acid groups (broad SMARTS) is 2. The minimum absolute atomic E-state index is 0.0172. The summed E-state index contributed by atoms with van der Waals surface area (Å²) in [7, 11) is 0. The molecule has 1 aromatic carbocycles. The van der Waals surface area contributed by atoms with Crippen LogP contribution in [0.4, 0.5) is 0 Å². The number of ether oxygens (including phenoxy) is 1. The van der Waals surface area contributed by atoms with Crippen LogP contribution in [0.1, 0.15) is 33.2 Å². The van der Waals surface area contributed by atoms with Gasteiger partial charge in [-0.05, 0) is 37.1 Å². The average molecular weight is 238 g/mol. The Morgan fingerprint density at radius 2 is 1.65 bits per heavy atom. The van der Waals surface area contributed by atoms with Gasteiger partial charge in [-0.2, -0.15) is 0 Å². The van der Waals surface area contributed by atoms with Crippen LogP contribution in [-0.2, 0) is 11.2 Å². The Hall–Kier alpha value is -1.88. The first kappa shape index (κ1) is 13.2. The summed E-state index contributed by atoms with van der Waals surface area (Å²) in [4.78, 5) is 21.7. The van der Waals surface area contributed by atoms with Crippen LogP contribution in [-0.4, -0.2) is 35.4 Å². The van der Waals surface area contributed by atoms with Gasteiger partial charge in [0.15, 0.2) is 0 Å². The molecule has 5 nitrogen and oxygen atoms in total. The molecule has 0 heterocycles. The number of carboxylic acids is 2. The zero-order valence-electron chi connectivity index (χ0n) is 9.47. The van der Waals surface area contributed by atoms with Gasteiger partial charge in [0.1, 0.15) is 0 Å². The third-order valence-electron chi connectivity index (χ3n) is 2.23. The lowest BCUT2D eigenvalue weighted by Gasteiger charge is -2.05. The second-order valence-corrected chi connectivity index (χ2v) is 3.48. The Morgan fingerprint density at radius 3 is 2.06 bits per heavy atom. The SMILES string of the molecule is CCOCCc1cc(C(=O)O)cc(C(=O)O)c1. The van der Waals surface area contributed by atoms with Crippen LogP contribution >= 0.6 is 0 Å². The van der Waals surface area contributed by atoms with Gasteiger partial charge >= 0.3 is 11.9 Å². The molecule has 0 atom stereocenters. The van der Waals surface area contributed by atoms with Crippen molar-refractivity contribution in [2.24, 2.45) is 0 Å². The van der Waals surface area contributed by atoms with Gasteiger partial charge in [-0.25, -0.2) is 9.59 Å². The van der Waals surface area contributed by atoms with Crippen molar-refractivity contribution < 1.29 is 24.5 Å². The van der Waals surface area contributed by atoms with Crippen molar-refractivity contribution in [1.29, 1.82) is 0 Å². The van der Waals surface area contributed by atoms with Crippen molar-refractivity contribution in [2.75, 3.05) is 13.2 Å². The molecule has 0 aliphatic heterocycles. The largest absolute Gasteiger partial charge is 0.478 e. The highest BCUT2D eigenvalue weighted by Gasteiger charge is 2.11. The van der Waals surface area contributed by atoms with Crippen LogP contribution in [0.25, 0.3) is 0 Å². The van der Waals surface area contributed by atoms with Crippen molar-refractivity contribution in [1.82, 2.24) is 0 Å². The Balaban J connectivity index is 2.95. The summed E-state index contributed by atoms with van der Waals surface area (Å²) < 4.78 is 5.14. The van der Waals surface area contributed by atoms with E-state index < -0.39 is 11.9 Å². The molecule has 17 heavy (non-hydrogen) atoms. The van der Waals surface area contributed by atoms with Crippen molar-refractivity contribution in [3.63, 3.8) is 0 Å². The third kappa shape index (κ3) is 3.88. The van der Waals surface area contributed by atoms with Crippen molar-refractivity contribution in [3.05, 3.63) is 34.9 Å². The maximum atomic E-state index is 10.8. The molecule has 0 radical (unpaired) electrons. The van der Waals surface area contributed by atoms with Gasteiger partial charge in [-0.3, -0.25) is 0 Å².